The molecule has 0 amide bonds. The van der Waals surface area contributed by atoms with E-state index >= 15 is 0 Å². The fourth-order valence-electron chi connectivity index (χ4n) is 1.38. The van der Waals surface area contributed by atoms with E-state index in [1.54, 1.807) is 0 Å². The lowest BCUT2D eigenvalue weighted by molar-refractivity contribution is -0.139. The van der Waals surface area contributed by atoms with E-state index in [1.165, 1.54) is 17.6 Å². The highest BCUT2D eigenvalue weighted by atomic mass is 32.2. The number of nitrogens with one attached hydrogen (secondary N) is 1. The molecular formula is C10H7F3N2O2S2. The number of anilines is 1. The van der Waals surface area contributed by atoms with Crippen LogP contribution in [0.2, 0.25) is 0 Å². The number of aromatic nitrogens is 1. The number of sulfonamides is 1. The number of thiazole rings is 1. The molecule has 0 bridgehead atoms. The second-order valence-corrected chi connectivity index (χ2v) is 5.98. The molecule has 0 spiro atoms. The quantitative estimate of drug-likeness (QED) is 0.948. The minimum absolute atomic E-state index is 0.0111. The van der Waals surface area contributed by atoms with E-state index in [4.69, 9.17) is 0 Å². The Balaban J connectivity index is 2.47. The van der Waals surface area contributed by atoms with E-state index in [0.717, 1.165) is 29.5 Å². The van der Waals surface area contributed by atoms with Crippen molar-refractivity contribution >= 4 is 26.5 Å². The summed E-state index contributed by atoms with van der Waals surface area (Å²) in [6.07, 6.45) is -3.40. The number of hydrogen-bond acceptors (Lipinski definition) is 4. The lowest BCUT2D eigenvalue weighted by Crippen LogP contribution is -2.18. The van der Waals surface area contributed by atoms with Crippen LogP contribution in [0.3, 0.4) is 0 Å². The maximum atomic E-state index is 12.8. The molecule has 2 aromatic rings. The number of alkyl halides is 3. The van der Waals surface area contributed by atoms with E-state index in [2.05, 4.69) is 4.98 Å². The molecule has 2 rings (SSSR count). The monoisotopic (exact) mass is 308 g/mol. The third kappa shape index (κ3) is 3.04. The normalized spacial score (nSPS) is 12.4. The molecule has 0 saturated heterocycles. The van der Waals surface area contributed by atoms with E-state index in [0.29, 0.717) is 0 Å². The smallest absolute Gasteiger partial charge is 0.255 e. The Bertz CT molecular complexity index is 666. The van der Waals surface area contributed by atoms with Crippen LogP contribution in [-0.4, -0.2) is 13.4 Å². The zero-order chi connectivity index (χ0) is 14.1. The van der Waals surface area contributed by atoms with Crippen molar-refractivity contribution in [2.24, 2.45) is 0 Å². The first-order valence-electron chi connectivity index (χ1n) is 4.89. The van der Waals surface area contributed by atoms with Crippen LogP contribution in [0.1, 0.15) is 5.56 Å². The average molecular weight is 308 g/mol. The molecule has 0 atom stereocenters. The van der Waals surface area contributed by atoms with Crippen LogP contribution >= 0.6 is 11.3 Å². The van der Waals surface area contributed by atoms with Crippen LogP contribution in [0, 0.1) is 0 Å². The molecule has 0 radical (unpaired) electrons. The highest BCUT2D eigenvalue weighted by molar-refractivity contribution is 7.93. The molecule has 9 heteroatoms. The Morgan fingerprint density at radius 1 is 1.21 bits per heavy atom. The Kier molecular flexibility index (Phi) is 3.50. The van der Waals surface area contributed by atoms with Gasteiger partial charge in [-0.05, 0) is 12.1 Å². The fraction of sp³-hybridized carbons (Fsp3) is 0.100. The van der Waals surface area contributed by atoms with Gasteiger partial charge in [0.15, 0.2) is 5.13 Å². The molecule has 1 aromatic heterocycles. The molecule has 1 aromatic carbocycles. The summed E-state index contributed by atoms with van der Waals surface area (Å²) in [5.74, 6) is 0. The minimum Gasteiger partial charge on any atom is -0.255 e. The van der Waals surface area contributed by atoms with Crippen LogP contribution in [-0.2, 0) is 16.2 Å². The van der Waals surface area contributed by atoms with E-state index in [1.807, 2.05) is 4.72 Å². The van der Waals surface area contributed by atoms with Crippen molar-refractivity contribution in [2.75, 3.05) is 4.72 Å². The van der Waals surface area contributed by atoms with Gasteiger partial charge in [0.25, 0.3) is 10.0 Å². The summed E-state index contributed by atoms with van der Waals surface area (Å²) in [6, 6.07) is 3.98. The maximum Gasteiger partial charge on any atom is 0.417 e. The molecule has 0 saturated carbocycles. The highest BCUT2D eigenvalue weighted by Gasteiger charge is 2.37. The molecule has 0 fully saturated rings. The Labute approximate surface area is 111 Å². The van der Waals surface area contributed by atoms with Gasteiger partial charge in [-0.15, -0.1) is 11.3 Å². The van der Waals surface area contributed by atoms with Gasteiger partial charge >= 0.3 is 6.18 Å². The summed E-state index contributed by atoms with van der Waals surface area (Å²) in [5, 5.41) is 1.52. The van der Waals surface area contributed by atoms with Crippen molar-refractivity contribution in [3.63, 3.8) is 0 Å². The number of benzene rings is 1. The van der Waals surface area contributed by atoms with Gasteiger partial charge in [0.1, 0.15) is 0 Å². The van der Waals surface area contributed by atoms with Gasteiger partial charge in [-0.25, -0.2) is 13.4 Å². The van der Waals surface area contributed by atoms with Gasteiger partial charge < -0.3 is 0 Å². The molecule has 0 aliphatic heterocycles. The van der Waals surface area contributed by atoms with Crippen LogP contribution in [0.4, 0.5) is 18.3 Å². The third-order valence-electron chi connectivity index (χ3n) is 2.14. The first-order valence-corrected chi connectivity index (χ1v) is 7.25. The molecule has 1 heterocycles. The number of nitrogens with zero attached hydrogens (tertiary/aromatic N) is 1. The van der Waals surface area contributed by atoms with Crippen molar-refractivity contribution in [1.29, 1.82) is 0 Å². The predicted octanol–water partition coefficient (Wildman–Crippen LogP) is 2.96. The fourth-order valence-corrected chi connectivity index (χ4v) is 3.40. The number of halogens is 3. The van der Waals surface area contributed by atoms with Crippen LogP contribution < -0.4 is 4.72 Å². The van der Waals surface area contributed by atoms with Gasteiger partial charge in [-0.3, -0.25) is 4.72 Å². The summed E-state index contributed by atoms with van der Waals surface area (Å²) in [6.45, 7) is 0. The van der Waals surface area contributed by atoms with E-state index in [9.17, 15) is 21.6 Å². The van der Waals surface area contributed by atoms with Crippen LogP contribution in [0.25, 0.3) is 0 Å². The number of rotatable bonds is 3. The van der Waals surface area contributed by atoms with Crippen molar-refractivity contribution in [3.05, 3.63) is 41.4 Å². The lowest BCUT2D eigenvalue weighted by Gasteiger charge is -2.13. The summed E-state index contributed by atoms with van der Waals surface area (Å²) in [4.78, 5) is 2.84. The highest BCUT2D eigenvalue weighted by Crippen LogP contribution is 2.34. The zero-order valence-corrected chi connectivity index (χ0v) is 10.8. The van der Waals surface area contributed by atoms with E-state index in [-0.39, 0.29) is 5.13 Å². The third-order valence-corrected chi connectivity index (χ3v) is 4.35. The van der Waals surface area contributed by atoms with Gasteiger partial charge in [0, 0.05) is 11.6 Å². The predicted molar refractivity (Wildman–Crippen MR) is 64.4 cm³/mol. The van der Waals surface area contributed by atoms with Crippen molar-refractivity contribution < 1.29 is 21.6 Å². The summed E-state index contributed by atoms with van der Waals surface area (Å²) in [5.41, 5.74) is -1.21. The summed E-state index contributed by atoms with van der Waals surface area (Å²) < 4.78 is 64.1. The summed E-state index contributed by atoms with van der Waals surface area (Å²) >= 11 is 0.975. The summed E-state index contributed by atoms with van der Waals surface area (Å²) in [7, 11) is -4.32. The Hall–Kier alpha value is -1.61. The van der Waals surface area contributed by atoms with Crippen molar-refractivity contribution in [2.45, 2.75) is 11.1 Å². The second-order valence-electron chi connectivity index (χ2n) is 3.44. The molecule has 0 aliphatic rings. The minimum atomic E-state index is -4.74. The molecule has 1 N–H and O–H groups in total. The first-order chi connectivity index (χ1) is 8.81. The zero-order valence-electron chi connectivity index (χ0n) is 9.18. The van der Waals surface area contributed by atoms with Crippen LogP contribution in [0.5, 0.6) is 0 Å². The number of hydrogen-bond donors (Lipinski definition) is 1. The molecule has 102 valence electrons. The SMILES string of the molecule is O=S(=O)(Nc1nccs1)c1ccccc1C(F)(F)F. The largest absolute Gasteiger partial charge is 0.417 e. The van der Waals surface area contributed by atoms with Gasteiger partial charge in [0.05, 0.1) is 10.5 Å². The topological polar surface area (TPSA) is 59.1 Å². The second kappa shape index (κ2) is 4.82. The van der Waals surface area contributed by atoms with Gasteiger partial charge in [0.2, 0.25) is 0 Å². The Morgan fingerprint density at radius 3 is 2.47 bits per heavy atom. The van der Waals surface area contributed by atoms with Gasteiger partial charge in [-0.1, -0.05) is 12.1 Å². The van der Waals surface area contributed by atoms with Crippen molar-refractivity contribution in [1.82, 2.24) is 4.98 Å². The maximum absolute atomic E-state index is 12.8. The molecular weight excluding hydrogens is 301 g/mol. The molecule has 0 unspecified atom stereocenters. The molecule has 4 nitrogen and oxygen atoms in total. The van der Waals surface area contributed by atoms with Crippen LogP contribution in [0.15, 0.2) is 40.7 Å². The first kappa shape index (κ1) is 13.8. The lowest BCUT2D eigenvalue weighted by atomic mass is 10.2. The van der Waals surface area contributed by atoms with Gasteiger partial charge in [-0.2, -0.15) is 13.2 Å². The van der Waals surface area contributed by atoms with E-state index < -0.39 is 26.7 Å². The average Bonchev–Trinajstić information content (AvgIpc) is 2.80. The van der Waals surface area contributed by atoms with Crippen molar-refractivity contribution in [3.8, 4) is 0 Å². The standard InChI is InChI=1S/C10H7F3N2O2S2/c11-10(12,13)7-3-1-2-4-8(7)19(16,17)15-9-14-5-6-18-9/h1-6H,(H,14,15). The Morgan fingerprint density at radius 2 is 1.89 bits per heavy atom. The molecule has 19 heavy (non-hydrogen) atoms. The molecule has 0 aliphatic carbocycles.